The van der Waals surface area contributed by atoms with Gasteiger partial charge in [0.25, 0.3) is 0 Å². The molecular formula is C4H7Br2NO3S. The van der Waals surface area contributed by atoms with E-state index in [1.54, 1.807) is 0 Å². The van der Waals surface area contributed by atoms with Gasteiger partial charge in [-0.25, -0.2) is 8.42 Å². The van der Waals surface area contributed by atoms with Crippen molar-refractivity contribution in [2.75, 3.05) is 5.75 Å². The number of alkyl halides is 2. The Hall–Kier alpha value is 0.830. The Morgan fingerprint density at radius 3 is 2.09 bits per heavy atom. The molecule has 0 unspecified atom stereocenters. The van der Waals surface area contributed by atoms with Gasteiger partial charge in [-0.3, -0.25) is 0 Å². The summed E-state index contributed by atoms with van der Waals surface area (Å²) in [5, 5.41) is 9.26. The Balaban J connectivity index is 3.12. The van der Waals surface area contributed by atoms with Crippen LogP contribution in [0.25, 0.3) is 0 Å². The third-order valence-corrected chi connectivity index (χ3v) is 7.37. The molecule has 0 spiro atoms. The van der Waals surface area contributed by atoms with Gasteiger partial charge in [-0.05, 0) is 0 Å². The SMILES string of the molecule is N[C@@H]1CS(=O)(=O)C(Br)(Br)[C@@H]1O. The van der Waals surface area contributed by atoms with Crippen LogP contribution in [0.15, 0.2) is 0 Å². The predicted octanol–water partition coefficient (Wildman–Crippen LogP) is -0.453. The molecule has 66 valence electrons. The molecule has 11 heavy (non-hydrogen) atoms. The van der Waals surface area contributed by atoms with Crippen LogP contribution in [0.2, 0.25) is 0 Å². The summed E-state index contributed by atoms with van der Waals surface area (Å²) in [6.45, 7) is 0. The second-order valence-corrected chi connectivity index (χ2v) is 9.27. The van der Waals surface area contributed by atoms with Gasteiger partial charge < -0.3 is 10.8 Å². The largest absolute Gasteiger partial charge is 0.388 e. The van der Waals surface area contributed by atoms with Gasteiger partial charge in [-0.1, -0.05) is 31.9 Å². The molecule has 4 nitrogen and oxygen atoms in total. The Labute approximate surface area is 81.3 Å². The standard InChI is InChI=1S/C4H7Br2NO3S/c5-4(6)3(8)2(7)1-11(4,9)10/h2-3,8H,1,7H2/t2-,3-/m1/s1. The number of sulfone groups is 1. The smallest absolute Gasteiger partial charge is 0.208 e. The Kier molecular flexibility index (Phi) is 2.40. The molecule has 0 aromatic carbocycles. The topological polar surface area (TPSA) is 80.4 Å². The molecule has 0 aromatic heterocycles. The molecule has 0 amide bonds. The maximum atomic E-state index is 11.2. The summed E-state index contributed by atoms with van der Waals surface area (Å²) in [6, 6.07) is -0.723. The number of hydrogen-bond acceptors (Lipinski definition) is 4. The highest BCUT2D eigenvalue weighted by molar-refractivity contribution is 9.28. The minimum atomic E-state index is -3.36. The molecule has 1 aliphatic heterocycles. The predicted molar refractivity (Wildman–Crippen MR) is 48.4 cm³/mol. The van der Waals surface area contributed by atoms with Gasteiger partial charge in [0, 0.05) is 6.04 Å². The molecule has 1 heterocycles. The van der Waals surface area contributed by atoms with E-state index in [1.165, 1.54) is 0 Å². The molecule has 0 bridgehead atoms. The highest BCUT2D eigenvalue weighted by Crippen LogP contribution is 2.43. The number of hydrogen-bond donors (Lipinski definition) is 2. The van der Waals surface area contributed by atoms with Gasteiger partial charge in [0.2, 0.25) is 2.57 Å². The maximum Gasteiger partial charge on any atom is 0.208 e. The van der Waals surface area contributed by atoms with E-state index in [0.717, 1.165) is 0 Å². The summed E-state index contributed by atoms with van der Waals surface area (Å²) in [4.78, 5) is 0. The van der Waals surface area contributed by atoms with E-state index in [9.17, 15) is 13.5 Å². The lowest BCUT2D eigenvalue weighted by atomic mass is 10.2. The molecule has 0 radical (unpaired) electrons. The Morgan fingerprint density at radius 2 is 2.00 bits per heavy atom. The van der Waals surface area contributed by atoms with Gasteiger partial charge in [0.1, 0.15) is 6.10 Å². The van der Waals surface area contributed by atoms with Crippen LogP contribution < -0.4 is 5.73 Å². The quantitative estimate of drug-likeness (QED) is 0.594. The van der Waals surface area contributed by atoms with E-state index in [4.69, 9.17) is 5.73 Å². The molecule has 1 aliphatic rings. The van der Waals surface area contributed by atoms with Crippen molar-refractivity contribution in [1.82, 2.24) is 0 Å². The minimum absolute atomic E-state index is 0.204. The van der Waals surface area contributed by atoms with Crippen LogP contribution in [0.5, 0.6) is 0 Å². The lowest BCUT2D eigenvalue weighted by Gasteiger charge is -2.17. The van der Waals surface area contributed by atoms with Crippen molar-refractivity contribution in [3.63, 3.8) is 0 Å². The van der Waals surface area contributed by atoms with Crippen LogP contribution in [0.3, 0.4) is 0 Å². The van der Waals surface area contributed by atoms with E-state index in [2.05, 4.69) is 31.9 Å². The maximum absolute atomic E-state index is 11.2. The first-order chi connectivity index (χ1) is 4.79. The van der Waals surface area contributed by atoms with Crippen LogP contribution in [-0.4, -0.2) is 34.0 Å². The third kappa shape index (κ3) is 1.37. The molecule has 1 saturated heterocycles. The molecule has 3 N–H and O–H groups in total. The Bertz CT molecular complexity index is 263. The van der Waals surface area contributed by atoms with Gasteiger partial charge in [-0.15, -0.1) is 0 Å². The summed E-state index contributed by atoms with van der Waals surface area (Å²) >= 11 is 5.74. The first-order valence-corrected chi connectivity index (χ1v) is 6.06. The van der Waals surface area contributed by atoms with E-state index < -0.39 is 24.5 Å². The summed E-state index contributed by atoms with van der Waals surface area (Å²) in [7, 11) is -3.36. The lowest BCUT2D eigenvalue weighted by Crippen LogP contribution is -2.38. The van der Waals surface area contributed by atoms with Crippen molar-refractivity contribution < 1.29 is 13.5 Å². The third-order valence-electron chi connectivity index (χ3n) is 1.58. The average Bonchev–Trinajstić information content (AvgIpc) is 1.93. The molecule has 7 heteroatoms. The first kappa shape index (κ1) is 9.91. The lowest BCUT2D eigenvalue weighted by molar-refractivity contribution is 0.172. The molecular weight excluding hydrogens is 302 g/mol. The minimum Gasteiger partial charge on any atom is -0.388 e. The summed E-state index contributed by atoms with van der Waals surface area (Å²) in [6.07, 6.45) is -1.10. The number of nitrogens with two attached hydrogens (primary N) is 1. The highest BCUT2D eigenvalue weighted by Gasteiger charge is 2.55. The van der Waals surface area contributed by atoms with Crippen molar-refractivity contribution in [3.05, 3.63) is 0 Å². The molecule has 1 fully saturated rings. The number of aliphatic hydroxyl groups excluding tert-OH is 1. The van der Waals surface area contributed by atoms with Gasteiger partial charge in [0.05, 0.1) is 5.75 Å². The fourth-order valence-electron chi connectivity index (χ4n) is 0.889. The first-order valence-electron chi connectivity index (χ1n) is 2.83. The van der Waals surface area contributed by atoms with Crippen LogP contribution in [0.1, 0.15) is 0 Å². The summed E-state index contributed by atoms with van der Waals surface area (Å²) < 4.78 is 20.9. The zero-order valence-electron chi connectivity index (χ0n) is 5.37. The molecule has 2 atom stereocenters. The van der Waals surface area contributed by atoms with Crippen molar-refractivity contribution in [3.8, 4) is 0 Å². The molecule has 0 aromatic rings. The normalized spacial score (nSPS) is 40.7. The second-order valence-electron chi connectivity index (χ2n) is 2.45. The number of halogens is 2. The highest BCUT2D eigenvalue weighted by atomic mass is 79.9. The van der Waals surface area contributed by atoms with Gasteiger partial charge >= 0.3 is 0 Å². The van der Waals surface area contributed by atoms with Crippen LogP contribution in [0.4, 0.5) is 0 Å². The van der Waals surface area contributed by atoms with E-state index in [0.29, 0.717) is 0 Å². The monoisotopic (exact) mass is 307 g/mol. The zero-order valence-corrected chi connectivity index (χ0v) is 9.36. The molecule has 1 rings (SSSR count). The van der Waals surface area contributed by atoms with E-state index in [-0.39, 0.29) is 5.75 Å². The fourth-order valence-corrected chi connectivity index (χ4v) is 3.81. The summed E-state index contributed by atoms with van der Waals surface area (Å²) in [5.41, 5.74) is 5.34. The second kappa shape index (κ2) is 2.66. The molecule has 0 aliphatic carbocycles. The Morgan fingerprint density at radius 1 is 1.55 bits per heavy atom. The van der Waals surface area contributed by atoms with E-state index >= 15 is 0 Å². The van der Waals surface area contributed by atoms with E-state index in [1.807, 2.05) is 0 Å². The van der Waals surface area contributed by atoms with Crippen LogP contribution in [-0.2, 0) is 9.84 Å². The average molecular weight is 309 g/mol. The van der Waals surface area contributed by atoms with Gasteiger partial charge in [0.15, 0.2) is 9.84 Å². The number of aliphatic hydroxyl groups is 1. The number of rotatable bonds is 0. The molecule has 0 saturated carbocycles. The fraction of sp³-hybridized carbons (Fsp3) is 1.00. The van der Waals surface area contributed by atoms with Gasteiger partial charge in [-0.2, -0.15) is 0 Å². The van der Waals surface area contributed by atoms with Crippen LogP contribution >= 0.6 is 31.9 Å². The van der Waals surface area contributed by atoms with Crippen molar-refractivity contribution >= 4 is 41.7 Å². The van der Waals surface area contributed by atoms with Crippen LogP contribution in [0, 0.1) is 0 Å². The van der Waals surface area contributed by atoms with Crippen molar-refractivity contribution in [2.24, 2.45) is 5.73 Å². The summed E-state index contributed by atoms with van der Waals surface area (Å²) in [5.74, 6) is -0.204. The van der Waals surface area contributed by atoms with Crippen molar-refractivity contribution in [1.29, 1.82) is 0 Å². The zero-order chi connectivity index (χ0) is 8.86. The van der Waals surface area contributed by atoms with Crippen molar-refractivity contribution in [2.45, 2.75) is 14.7 Å².